The van der Waals surface area contributed by atoms with Crippen molar-refractivity contribution in [3.63, 3.8) is 0 Å². The second-order valence-corrected chi connectivity index (χ2v) is 2.61. The van der Waals surface area contributed by atoms with Gasteiger partial charge in [0.25, 0.3) is 0 Å². The minimum Gasteiger partial charge on any atom is -0.357 e. The molecule has 0 unspecified atom stereocenters. The highest BCUT2D eigenvalue weighted by atomic mass is 16.5. The molecule has 1 radical (unpaired) electrons. The van der Waals surface area contributed by atoms with Gasteiger partial charge < -0.3 is 4.74 Å². The maximum absolute atomic E-state index is 5.04. The maximum atomic E-state index is 5.04. The molecule has 0 bridgehead atoms. The first-order chi connectivity index (χ1) is 4.34. The van der Waals surface area contributed by atoms with Crippen LogP contribution in [-0.4, -0.2) is 12.6 Å². The summed E-state index contributed by atoms with van der Waals surface area (Å²) < 4.78 is 5.04. The van der Waals surface area contributed by atoms with Crippen LogP contribution in [0.25, 0.3) is 0 Å². The number of ether oxygens (including phenoxy) is 1. The van der Waals surface area contributed by atoms with Crippen LogP contribution in [-0.2, 0) is 4.74 Å². The number of hydrogen-bond donors (Lipinski definition) is 1. The van der Waals surface area contributed by atoms with Crippen LogP contribution in [0.15, 0.2) is 0 Å². The van der Waals surface area contributed by atoms with Crippen molar-refractivity contribution >= 4 is 0 Å². The third-order valence-electron chi connectivity index (χ3n) is 1.97. The smallest absolute Gasteiger partial charge is 0.148 e. The first-order valence-electron chi connectivity index (χ1n) is 3.54. The zero-order valence-corrected chi connectivity index (χ0v) is 6.05. The van der Waals surface area contributed by atoms with Crippen molar-refractivity contribution < 1.29 is 4.74 Å². The summed E-state index contributed by atoms with van der Waals surface area (Å²) in [4.78, 5) is 0. The summed E-state index contributed by atoms with van der Waals surface area (Å²) >= 11 is 0. The lowest BCUT2D eigenvalue weighted by Gasteiger charge is -2.14. The summed E-state index contributed by atoms with van der Waals surface area (Å²) in [6.45, 7) is 6.97. The molecule has 0 saturated carbocycles. The van der Waals surface area contributed by atoms with Crippen LogP contribution in [0.5, 0.6) is 0 Å². The van der Waals surface area contributed by atoms with Crippen molar-refractivity contribution in [2.45, 2.75) is 26.3 Å². The van der Waals surface area contributed by atoms with E-state index in [1.807, 2.05) is 0 Å². The molecule has 1 N–H and O–H groups in total. The third-order valence-corrected chi connectivity index (χ3v) is 1.97. The second kappa shape index (κ2) is 3.18. The molecule has 1 aliphatic heterocycles. The summed E-state index contributed by atoms with van der Waals surface area (Å²) in [6.07, 6.45) is 1.22. The highest BCUT2D eigenvalue weighted by Gasteiger charge is 2.19. The van der Waals surface area contributed by atoms with E-state index in [2.05, 4.69) is 19.2 Å². The topological polar surface area (TPSA) is 21.3 Å². The Bertz CT molecular complexity index is 79.0. The molecule has 1 fully saturated rings. The molecule has 0 aliphatic carbocycles. The van der Waals surface area contributed by atoms with E-state index in [4.69, 9.17) is 4.74 Å². The fraction of sp³-hybridized carbons (Fsp3) is 0.857. The molecule has 9 heavy (non-hydrogen) atoms. The lowest BCUT2D eigenvalue weighted by molar-refractivity contribution is 0.233. The lowest BCUT2D eigenvalue weighted by Crippen LogP contribution is -2.29. The van der Waals surface area contributed by atoms with Gasteiger partial charge in [-0.25, -0.2) is 0 Å². The van der Waals surface area contributed by atoms with Gasteiger partial charge in [0.2, 0.25) is 0 Å². The Kier molecular flexibility index (Phi) is 2.49. The van der Waals surface area contributed by atoms with E-state index in [0.29, 0.717) is 6.04 Å². The van der Waals surface area contributed by atoms with E-state index in [0.717, 1.165) is 12.5 Å². The van der Waals surface area contributed by atoms with Gasteiger partial charge in [0, 0.05) is 6.04 Å². The van der Waals surface area contributed by atoms with Crippen molar-refractivity contribution in [2.75, 3.05) is 6.61 Å². The van der Waals surface area contributed by atoms with Gasteiger partial charge in [0.05, 0.1) is 6.61 Å². The summed E-state index contributed by atoms with van der Waals surface area (Å²) in [5.41, 5.74) is 0. The molecular formula is C7H14NO. The fourth-order valence-electron chi connectivity index (χ4n) is 0.948. The zero-order valence-electron chi connectivity index (χ0n) is 6.05. The van der Waals surface area contributed by atoms with E-state index in [9.17, 15) is 0 Å². The first-order valence-corrected chi connectivity index (χ1v) is 3.54. The lowest BCUT2D eigenvalue weighted by atomic mass is 10.0. The molecule has 1 rings (SSSR count). The van der Waals surface area contributed by atoms with Gasteiger partial charge in [0.15, 0.2) is 0 Å². The summed E-state index contributed by atoms with van der Waals surface area (Å²) in [5, 5.41) is 3.16. The van der Waals surface area contributed by atoms with Crippen molar-refractivity contribution in [3.05, 3.63) is 6.73 Å². The first kappa shape index (κ1) is 7.03. The Hall–Kier alpha value is -0.0800. The molecule has 0 aromatic heterocycles. The number of rotatable bonds is 2. The van der Waals surface area contributed by atoms with Crippen LogP contribution in [0.2, 0.25) is 0 Å². The van der Waals surface area contributed by atoms with Gasteiger partial charge in [-0.15, -0.1) is 0 Å². The van der Waals surface area contributed by atoms with Gasteiger partial charge in [-0.3, -0.25) is 5.32 Å². The molecule has 53 valence electrons. The van der Waals surface area contributed by atoms with Crippen LogP contribution in [0.1, 0.15) is 20.3 Å². The van der Waals surface area contributed by atoms with E-state index in [1.165, 1.54) is 6.42 Å². The predicted octanol–water partition coefficient (Wildman–Crippen LogP) is 1.14. The average molecular weight is 128 g/mol. The molecule has 2 atom stereocenters. The summed E-state index contributed by atoms with van der Waals surface area (Å²) in [5.74, 6) is 0.726. The third kappa shape index (κ3) is 1.66. The summed E-state index contributed by atoms with van der Waals surface area (Å²) in [6, 6.07) is 0.551. The highest BCUT2D eigenvalue weighted by Crippen LogP contribution is 2.12. The Labute approximate surface area is 56.6 Å². The van der Waals surface area contributed by atoms with Crippen LogP contribution in [0.3, 0.4) is 0 Å². The maximum Gasteiger partial charge on any atom is 0.148 e. The molecule has 0 aromatic rings. The zero-order chi connectivity index (χ0) is 6.69. The molecular weight excluding hydrogens is 114 g/mol. The minimum absolute atomic E-state index is 0.551. The minimum atomic E-state index is 0.551. The van der Waals surface area contributed by atoms with Crippen LogP contribution in [0.4, 0.5) is 0 Å². The second-order valence-electron chi connectivity index (χ2n) is 2.61. The highest BCUT2D eigenvalue weighted by molar-refractivity contribution is 4.78. The standard InChI is InChI=1S/C7H14NO/c1-3-6(2)7-4-9-5-8-7/h5-8H,3-4H2,1-2H3/t6-,7-/m1/s1. The molecule has 2 nitrogen and oxygen atoms in total. The van der Waals surface area contributed by atoms with Crippen molar-refractivity contribution in [1.82, 2.24) is 5.32 Å². The Morgan fingerprint density at radius 1 is 1.89 bits per heavy atom. The van der Waals surface area contributed by atoms with Gasteiger partial charge in [0.1, 0.15) is 6.73 Å². The molecule has 0 amide bonds. The fourth-order valence-corrected chi connectivity index (χ4v) is 0.948. The summed E-state index contributed by atoms with van der Waals surface area (Å²) in [7, 11) is 0. The number of hydrogen-bond acceptors (Lipinski definition) is 2. The van der Waals surface area contributed by atoms with Crippen LogP contribution >= 0.6 is 0 Å². The average Bonchev–Trinajstić information content (AvgIpc) is 2.37. The molecule has 1 aliphatic rings. The molecule has 1 saturated heterocycles. The number of nitrogens with one attached hydrogen (secondary N) is 1. The Morgan fingerprint density at radius 3 is 3.11 bits per heavy atom. The molecule has 0 spiro atoms. The van der Waals surface area contributed by atoms with E-state index >= 15 is 0 Å². The Morgan fingerprint density at radius 2 is 2.67 bits per heavy atom. The molecule has 0 aromatic carbocycles. The van der Waals surface area contributed by atoms with E-state index in [1.54, 1.807) is 6.73 Å². The van der Waals surface area contributed by atoms with Gasteiger partial charge in [-0.1, -0.05) is 20.3 Å². The van der Waals surface area contributed by atoms with Crippen molar-refractivity contribution in [3.8, 4) is 0 Å². The predicted molar refractivity (Wildman–Crippen MR) is 36.6 cm³/mol. The SMILES string of the molecule is CC[C@@H](C)[C@H]1CO[CH]N1. The van der Waals surface area contributed by atoms with Gasteiger partial charge in [-0.2, -0.15) is 0 Å². The monoisotopic (exact) mass is 128 g/mol. The van der Waals surface area contributed by atoms with Crippen molar-refractivity contribution in [1.29, 1.82) is 0 Å². The Balaban J connectivity index is 2.24. The van der Waals surface area contributed by atoms with E-state index in [-0.39, 0.29) is 0 Å². The molecule has 1 heterocycles. The normalized spacial score (nSPS) is 30.7. The van der Waals surface area contributed by atoms with Crippen LogP contribution < -0.4 is 5.32 Å². The van der Waals surface area contributed by atoms with Gasteiger partial charge >= 0.3 is 0 Å². The van der Waals surface area contributed by atoms with Crippen LogP contribution in [0, 0.1) is 12.6 Å². The van der Waals surface area contributed by atoms with E-state index < -0.39 is 0 Å². The van der Waals surface area contributed by atoms with Crippen molar-refractivity contribution in [2.24, 2.45) is 5.92 Å². The van der Waals surface area contributed by atoms with Gasteiger partial charge in [-0.05, 0) is 5.92 Å². The largest absolute Gasteiger partial charge is 0.357 e. The molecule has 2 heteroatoms. The quantitative estimate of drug-likeness (QED) is 0.602.